The Morgan fingerprint density at radius 1 is 1.38 bits per heavy atom. The molecule has 3 nitrogen and oxygen atoms in total. The van der Waals surface area contributed by atoms with E-state index < -0.39 is 8.15 Å². The molecule has 2 N–H and O–H groups in total. The van der Waals surface area contributed by atoms with Crippen molar-refractivity contribution in [2.24, 2.45) is 5.41 Å². The van der Waals surface area contributed by atoms with Crippen LogP contribution in [-0.2, 0) is 4.52 Å². The Hall–Kier alpha value is 0.310. The molecular weight excluding hydrogens is 185 g/mol. The highest BCUT2D eigenvalue weighted by atomic mass is 31.1. The van der Waals surface area contributed by atoms with Crippen LogP contribution in [0.15, 0.2) is 0 Å². The molecule has 2 atom stereocenters. The first kappa shape index (κ1) is 13.3. The van der Waals surface area contributed by atoms with E-state index in [2.05, 4.69) is 33.2 Å². The second kappa shape index (κ2) is 5.92. The third-order valence-corrected chi connectivity index (χ3v) is 4.52. The highest BCUT2D eigenvalue weighted by Gasteiger charge is 2.31. The summed E-state index contributed by atoms with van der Waals surface area (Å²) in [6, 6.07) is 0. The number of hydrogen-bond donors (Lipinski definition) is 2. The molecule has 2 unspecified atom stereocenters. The molecule has 0 aliphatic rings. The van der Waals surface area contributed by atoms with Crippen molar-refractivity contribution >= 4 is 8.15 Å². The Morgan fingerprint density at radius 3 is 2.15 bits per heavy atom. The Labute approximate surface area is 82.7 Å². The predicted octanol–water partition coefficient (Wildman–Crippen LogP) is 2.79. The molecule has 0 heterocycles. The van der Waals surface area contributed by atoms with Gasteiger partial charge in [0.1, 0.15) is 0 Å². The molecule has 0 aliphatic carbocycles. The van der Waals surface area contributed by atoms with Gasteiger partial charge < -0.3 is 9.73 Å². The van der Waals surface area contributed by atoms with E-state index in [1.165, 1.54) is 0 Å². The van der Waals surface area contributed by atoms with E-state index in [0.29, 0.717) is 6.61 Å². The maximum atomic E-state index is 9.08. The summed E-state index contributed by atoms with van der Waals surface area (Å²) in [4.78, 5) is 0. The summed E-state index contributed by atoms with van der Waals surface area (Å²) in [6.07, 6.45) is 0.971. The molecule has 0 bridgehead atoms. The highest BCUT2D eigenvalue weighted by Crippen LogP contribution is 2.47. The van der Waals surface area contributed by atoms with Gasteiger partial charge in [-0.25, -0.2) is 0 Å². The van der Waals surface area contributed by atoms with Crippen LogP contribution in [0.25, 0.3) is 0 Å². The normalized spacial score (nSPS) is 17.1. The average molecular weight is 207 g/mol. The quantitative estimate of drug-likeness (QED) is 0.538. The minimum atomic E-state index is -0.571. The summed E-state index contributed by atoms with van der Waals surface area (Å²) in [5, 5.41) is 9.08. The molecule has 0 rings (SSSR count). The third-order valence-electron chi connectivity index (χ3n) is 1.84. The standard InChI is InChI=1S/C9H22NO2P/c1-6-12-13(7-2)8(10-11)9(3,4)5/h8,10-11H,6-7H2,1-5H3. The second-order valence-electron chi connectivity index (χ2n) is 4.05. The summed E-state index contributed by atoms with van der Waals surface area (Å²) >= 11 is 0. The van der Waals surface area contributed by atoms with E-state index in [1.54, 1.807) is 0 Å². The van der Waals surface area contributed by atoms with Gasteiger partial charge in [-0.3, -0.25) is 0 Å². The lowest BCUT2D eigenvalue weighted by molar-refractivity contribution is 0.106. The maximum Gasteiger partial charge on any atom is 0.0808 e. The number of nitrogens with one attached hydrogen (secondary N) is 1. The van der Waals surface area contributed by atoms with Gasteiger partial charge >= 0.3 is 0 Å². The van der Waals surface area contributed by atoms with Crippen LogP contribution in [-0.4, -0.2) is 23.8 Å². The van der Waals surface area contributed by atoms with Crippen LogP contribution in [0.2, 0.25) is 0 Å². The van der Waals surface area contributed by atoms with Crippen LogP contribution in [0, 0.1) is 5.41 Å². The van der Waals surface area contributed by atoms with Gasteiger partial charge in [0.15, 0.2) is 0 Å². The molecule has 0 aliphatic heterocycles. The van der Waals surface area contributed by atoms with E-state index in [-0.39, 0.29) is 11.2 Å². The van der Waals surface area contributed by atoms with Crippen LogP contribution in [0.4, 0.5) is 0 Å². The minimum Gasteiger partial charge on any atom is -0.358 e. The van der Waals surface area contributed by atoms with Gasteiger partial charge in [0.25, 0.3) is 0 Å². The fourth-order valence-electron chi connectivity index (χ4n) is 1.20. The molecule has 0 aromatic rings. The van der Waals surface area contributed by atoms with Crippen LogP contribution < -0.4 is 5.48 Å². The molecule has 4 heteroatoms. The van der Waals surface area contributed by atoms with Crippen molar-refractivity contribution in [1.82, 2.24) is 5.48 Å². The van der Waals surface area contributed by atoms with Gasteiger partial charge in [0.2, 0.25) is 0 Å². The van der Waals surface area contributed by atoms with Crippen molar-refractivity contribution < 1.29 is 9.73 Å². The van der Waals surface area contributed by atoms with Crippen molar-refractivity contribution in [3.8, 4) is 0 Å². The Morgan fingerprint density at radius 2 is 1.92 bits per heavy atom. The molecular formula is C9H22NO2P. The Balaban J connectivity index is 4.34. The van der Waals surface area contributed by atoms with Gasteiger partial charge in [-0.05, 0) is 18.5 Å². The highest BCUT2D eigenvalue weighted by molar-refractivity contribution is 7.53. The molecule has 13 heavy (non-hydrogen) atoms. The molecule has 0 aromatic heterocycles. The SMILES string of the molecule is CCOP(CC)C(NO)C(C)(C)C. The zero-order valence-electron chi connectivity index (χ0n) is 9.29. The van der Waals surface area contributed by atoms with Gasteiger partial charge in [0, 0.05) is 14.8 Å². The summed E-state index contributed by atoms with van der Waals surface area (Å²) in [7, 11) is -0.571. The van der Waals surface area contributed by atoms with E-state index in [4.69, 9.17) is 9.73 Å². The minimum absolute atomic E-state index is 0.0334. The van der Waals surface area contributed by atoms with Crippen LogP contribution in [0.1, 0.15) is 34.6 Å². The van der Waals surface area contributed by atoms with E-state index in [0.717, 1.165) is 6.16 Å². The van der Waals surface area contributed by atoms with Crippen molar-refractivity contribution in [1.29, 1.82) is 0 Å². The average Bonchev–Trinajstić information content (AvgIpc) is 2.01. The van der Waals surface area contributed by atoms with E-state index in [9.17, 15) is 0 Å². The van der Waals surface area contributed by atoms with Crippen LogP contribution in [0.3, 0.4) is 0 Å². The fraction of sp³-hybridized carbons (Fsp3) is 1.00. The molecule has 0 spiro atoms. The van der Waals surface area contributed by atoms with Gasteiger partial charge in [-0.15, -0.1) is 0 Å². The molecule has 0 amide bonds. The summed E-state index contributed by atoms with van der Waals surface area (Å²) in [5.41, 5.74) is 2.41. The smallest absolute Gasteiger partial charge is 0.0808 e. The Bertz CT molecular complexity index is 136. The van der Waals surface area contributed by atoms with Crippen molar-refractivity contribution in [3.05, 3.63) is 0 Å². The molecule has 0 saturated heterocycles. The largest absolute Gasteiger partial charge is 0.358 e. The monoisotopic (exact) mass is 207 g/mol. The number of hydroxylamine groups is 1. The van der Waals surface area contributed by atoms with E-state index in [1.807, 2.05) is 6.92 Å². The van der Waals surface area contributed by atoms with Gasteiger partial charge in [-0.2, -0.15) is 5.48 Å². The molecule has 0 saturated carbocycles. The van der Waals surface area contributed by atoms with Gasteiger partial charge in [-0.1, -0.05) is 27.7 Å². The van der Waals surface area contributed by atoms with Crippen molar-refractivity contribution in [3.63, 3.8) is 0 Å². The summed E-state index contributed by atoms with van der Waals surface area (Å²) < 4.78 is 5.61. The lowest BCUT2D eigenvalue weighted by atomic mass is 9.97. The number of hydrogen-bond acceptors (Lipinski definition) is 3. The maximum absolute atomic E-state index is 9.08. The van der Waals surface area contributed by atoms with E-state index >= 15 is 0 Å². The molecule has 0 fully saturated rings. The molecule has 80 valence electrons. The molecule has 0 aromatic carbocycles. The zero-order chi connectivity index (χ0) is 10.5. The Kier molecular flexibility index (Phi) is 6.06. The number of rotatable bonds is 5. The first-order chi connectivity index (χ1) is 5.97. The fourth-order valence-corrected chi connectivity index (χ4v) is 3.23. The summed E-state index contributed by atoms with van der Waals surface area (Å²) in [6.45, 7) is 11.1. The van der Waals surface area contributed by atoms with Crippen molar-refractivity contribution in [2.45, 2.75) is 40.4 Å². The predicted molar refractivity (Wildman–Crippen MR) is 57.3 cm³/mol. The summed E-state index contributed by atoms with van der Waals surface area (Å²) in [5.74, 6) is 0.0486. The lowest BCUT2D eigenvalue weighted by Crippen LogP contribution is -2.37. The third kappa shape index (κ3) is 4.37. The molecule has 0 radical (unpaired) electrons. The van der Waals surface area contributed by atoms with Crippen LogP contribution >= 0.6 is 8.15 Å². The van der Waals surface area contributed by atoms with Crippen LogP contribution in [0.5, 0.6) is 0 Å². The second-order valence-corrected chi connectivity index (χ2v) is 6.29. The first-order valence-electron chi connectivity index (χ1n) is 4.76. The topological polar surface area (TPSA) is 41.5 Å². The first-order valence-corrected chi connectivity index (χ1v) is 6.27. The van der Waals surface area contributed by atoms with Gasteiger partial charge in [0.05, 0.1) is 5.78 Å². The van der Waals surface area contributed by atoms with Crippen molar-refractivity contribution in [2.75, 3.05) is 12.8 Å². The zero-order valence-corrected chi connectivity index (χ0v) is 10.2. The lowest BCUT2D eigenvalue weighted by Gasteiger charge is -2.34.